The molecule has 1 amide bonds. The van der Waals surface area contributed by atoms with Gasteiger partial charge in [-0.25, -0.2) is 0 Å². The van der Waals surface area contributed by atoms with Gasteiger partial charge in [-0.2, -0.15) is 0 Å². The van der Waals surface area contributed by atoms with E-state index in [1.54, 1.807) is 18.2 Å². The molecule has 1 aromatic carbocycles. The zero-order chi connectivity index (χ0) is 14.5. The van der Waals surface area contributed by atoms with E-state index < -0.39 is 4.92 Å². The number of aromatic nitrogens is 1. The number of nitro groups is 1. The van der Waals surface area contributed by atoms with E-state index >= 15 is 0 Å². The minimum absolute atomic E-state index is 0.0724. The van der Waals surface area contributed by atoms with Gasteiger partial charge in [-0.05, 0) is 18.2 Å². The summed E-state index contributed by atoms with van der Waals surface area (Å²) in [6.07, 6.45) is 1.54. The Kier molecular flexibility index (Phi) is 3.90. The van der Waals surface area contributed by atoms with Crippen LogP contribution in [0.4, 0.5) is 17.1 Å². The third-order valence-corrected chi connectivity index (χ3v) is 2.53. The molecule has 0 radical (unpaired) electrons. The third kappa shape index (κ3) is 3.52. The molecule has 0 bridgehead atoms. The van der Waals surface area contributed by atoms with E-state index in [-0.39, 0.29) is 18.0 Å². The highest BCUT2D eigenvalue weighted by atomic mass is 16.6. The molecule has 0 saturated carbocycles. The van der Waals surface area contributed by atoms with Crippen molar-refractivity contribution in [1.29, 1.82) is 0 Å². The fourth-order valence-electron chi connectivity index (χ4n) is 1.61. The van der Waals surface area contributed by atoms with Crippen LogP contribution in [-0.4, -0.2) is 15.8 Å². The zero-order valence-electron chi connectivity index (χ0n) is 10.4. The fourth-order valence-corrected chi connectivity index (χ4v) is 1.61. The number of carbonyl (C=O) groups is 1. The molecule has 0 spiro atoms. The molecule has 2 rings (SSSR count). The number of hydrogen-bond donors (Lipinski definition) is 2. The highest BCUT2D eigenvalue weighted by Gasteiger charge is 2.09. The highest BCUT2D eigenvalue weighted by molar-refractivity contribution is 5.92. The summed E-state index contributed by atoms with van der Waals surface area (Å²) in [7, 11) is 0. The van der Waals surface area contributed by atoms with Gasteiger partial charge in [-0.1, -0.05) is 6.07 Å². The van der Waals surface area contributed by atoms with Gasteiger partial charge in [-0.15, -0.1) is 0 Å². The van der Waals surface area contributed by atoms with Gasteiger partial charge in [0.15, 0.2) is 0 Å². The minimum Gasteiger partial charge on any atom is -0.397 e. The molecule has 1 aromatic heterocycles. The summed E-state index contributed by atoms with van der Waals surface area (Å²) < 4.78 is 0. The number of nitrogens with zero attached hydrogens (tertiary/aromatic N) is 2. The molecular formula is C13H12N4O3. The lowest BCUT2D eigenvalue weighted by atomic mass is 10.2. The van der Waals surface area contributed by atoms with Crippen LogP contribution in [-0.2, 0) is 11.2 Å². The van der Waals surface area contributed by atoms with Crippen molar-refractivity contribution in [3.05, 3.63) is 58.4 Å². The second kappa shape index (κ2) is 5.79. The number of nitrogens with one attached hydrogen (secondary N) is 1. The fraction of sp³-hybridized carbons (Fsp3) is 0.0769. The number of non-ortho nitro benzene ring substituents is 1. The first-order valence-corrected chi connectivity index (χ1v) is 5.79. The van der Waals surface area contributed by atoms with Crippen LogP contribution < -0.4 is 11.1 Å². The van der Waals surface area contributed by atoms with Crippen molar-refractivity contribution < 1.29 is 9.72 Å². The molecular weight excluding hydrogens is 260 g/mol. The SMILES string of the molecule is Nc1ccc(CC(=O)Nc2cccc([N+](=O)[O-])c2)nc1. The summed E-state index contributed by atoms with van der Waals surface area (Å²) in [6, 6.07) is 9.06. The molecule has 0 atom stereocenters. The van der Waals surface area contributed by atoms with Crippen molar-refractivity contribution >= 4 is 23.0 Å². The largest absolute Gasteiger partial charge is 0.397 e. The Balaban J connectivity index is 2.02. The van der Waals surface area contributed by atoms with E-state index in [0.717, 1.165) is 0 Å². The Morgan fingerprint density at radius 1 is 1.35 bits per heavy atom. The van der Waals surface area contributed by atoms with Gasteiger partial charge in [0, 0.05) is 23.5 Å². The summed E-state index contributed by atoms with van der Waals surface area (Å²) in [4.78, 5) is 25.9. The van der Waals surface area contributed by atoms with Crippen molar-refractivity contribution in [2.75, 3.05) is 11.1 Å². The van der Waals surface area contributed by atoms with Crippen LogP contribution in [0.1, 0.15) is 5.69 Å². The van der Waals surface area contributed by atoms with E-state index in [1.165, 1.54) is 24.4 Å². The van der Waals surface area contributed by atoms with Gasteiger partial charge in [0.2, 0.25) is 5.91 Å². The number of hydrogen-bond acceptors (Lipinski definition) is 5. The van der Waals surface area contributed by atoms with Crippen molar-refractivity contribution in [3.63, 3.8) is 0 Å². The molecule has 7 heteroatoms. The summed E-state index contributed by atoms with van der Waals surface area (Å²) >= 11 is 0. The Morgan fingerprint density at radius 3 is 2.80 bits per heavy atom. The maximum atomic E-state index is 11.8. The summed E-state index contributed by atoms with van der Waals surface area (Å²) in [5, 5.41) is 13.2. The number of rotatable bonds is 4. The first kappa shape index (κ1) is 13.5. The highest BCUT2D eigenvalue weighted by Crippen LogP contribution is 2.17. The first-order valence-electron chi connectivity index (χ1n) is 5.79. The first-order chi connectivity index (χ1) is 9.54. The zero-order valence-corrected chi connectivity index (χ0v) is 10.4. The van der Waals surface area contributed by atoms with E-state index in [0.29, 0.717) is 17.1 Å². The molecule has 7 nitrogen and oxygen atoms in total. The molecule has 20 heavy (non-hydrogen) atoms. The average molecular weight is 272 g/mol. The number of nitrogen functional groups attached to an aromatic ring is 1. The van der Waals surface area contributed by atoms with E-state index in [2.05, 4.69) is 10.3 Å². The van der Waals surface area contributed by atoms with E-state index in [1.807, 2.05) is 0 Å². The third-order valence-electron chi connectivity index (χ3n) is 2.53. The van der Waals surface area contributed by atoms with Crippen LogP contribution in [0, 0.1) is 10.1 Å². The number of amides is 1. The molecule has 0 saturated heterocycles. The van der Waals surface area contributed by atoms with Crippen LogP contribution >= 0.6 is 0 Å². The van der Waals surface area contributed by atoms with Gasteiger partial charge < -0.3 is 11.1 Å². The van der Waals surface area contributed by atoms with Gasteiger partial charge >= 0.3 is 0 Å². The van der Waals surface area contributed by atoms with Crippen molar-refractivity contribution in [1.82, 2.24) is 4.98 Å². The maximum Gasteiger partial charge on any atom is 0.271 e. The number of pyridine rings is 1. The summed E-state index contributed by atoms with van der Waals surface area (Å²) in [5.41, 5.74) is 6.89. The van der Waals surface area contributed by atoms with E-state index in [9.17, 15) is 14.9 Å². The van der Waals surface area contributed by atoms with E-state index in [4.69, 9.17) is 5.73 Å². The second-order valence-corrected chi connectivity index (χ2v) is 4.12. The summed E-state index contributed by atoms with van der Waals surface area (Å²) in [5.74, 6) is -0.303. The number of benzene rings is 1. The Bertz CT molecular complexity index is 640. The molecule has 102 valence electrons. The number of anilines is 2. The topological polar surface area (TPSA) is 111 Å². The second-order valence-electron chi connectivity index (χ2n) is 4.12. The number of carbonyl (C=O) groups excluding carboxylic acids is 1. The Hall–Kier alpha value is -2.96. The maximum absolute atomic E-state index is 11.8. The number of nitro benzene ring substituents is 1. The quantitative estimate of drug-likeness (QED) is 0.650. The summed E-state index contributed by atoms with van der Waals surface area (Å²) in [6.45, 7) is 0. The monoisotopic (exact) mass is 272 g/mol. The van der Waals surface area contributed by atoms with Gasteiger partial charge in [0.25, 0.3) is 5.69 Å². The van der Waals surface area contributed by atoms with Crippen LogP contribution in [0.15, 0.2) is 42.6 Å². The molecule has 3 N–H and O–H groups in total. The predicted octanol–water partition coefficient (Wildman–Crippen LogP) is 1.75. The Labute approximate surface area is 114 Å². The van der Waals surface area contributed by atoms with Crippen molar-refractivity contribution in [3.8, 4) is 0 Å². The molecule has 0 fully saturated rings. The van der Waals surface area contributed by atoms with Gasteiger partial charge in [-0.3, -0.25) is 19.9 Å². The van der Waals surface area contributed by atoms with Crippen molar-refractivity contribution in [2.45, 2.75) is 6.42 Å². The average Bonchev–Trinajstić information content (AvgIpc) is 2.41. The molecule has 0 aliphatic carbocycles. The van der Waals surface area contributed by atoms with Crippen LogP contribution in [0.25, 0.3) is 0 Å². The lowest BCUT2D eigenvalue weighted by Gasteiger charge is -2.05. The Morgan fingerprint density at radius 2 is 2.15 bits per heavy atom. The van der Waals surface area contributed by atoms with Crippen LogP contribution in [0.3, 0.4) is 0 Å². The molecule has 0 aliphatic rings. The molecule has 2 aromatic rings. The molecule has 0 aliphatic heterocycles. The van der Waals surface area contributed by atoms with Crippen LogP contribution in [0.2, 0.25) is 0 Å². The van der Waals surface area contributed by atoms with Gasteiger partial charge in [0.05, 0.1) is 23.2 Å². The normalized spacial score (nSPS) is 10.0. The smallest absolute Gasteiger partial charge is 0.271 e. The predicted molar refractivity (Wildman–Crippen MR) is 74.1 cm³/mol. The standard InChI is InChI=1S/C13H12N4O3/c14-9-4-5-10(15-8-9)7-13(18)16-11-2-1-3-12(6-11)17(19)20/h1-6,8H,7,14H2,(H,16,18). The lowest BCUT2D eigenvalue weighted by Crippen LogP contribution is -2.15. The number of nitrogens with two attached hydrogens (primary N) is 1. The lowest BCUT2D eigenvalue weighted by molar-refractivity contribution is -0.384. The molecule has 0 unspecified atom stereocenters. The molecule has 1 heterocycles. The van der Waals surface area contributed by atoms with Crippen molar-refractivity contribution in [2.24, 2.45) is 0 Å². The minimum atomic E-state index is -0.517. The van der Waals surface area contributed by atoms with Crippen LogP contribution in [0.5, 0.6) is 0 Å². The van der Waals surface area contributed by atoms with Gasteiger partial charge in [0.1, 0.15) is 0 Å².